The molecule has 0 bridgehead atoms. The molecule has 0 radical (unpaired) electrons. The zero-order valence-electron chi connectivity index (χ0n) is 20.8. The highest BCUT2D eigenvalue weighted by Gasteiger charge is 2.42. The molecule has 1 saturated heterocycles. The number of thiazole rings is 1. The summed E-state index contributed by atoms with van der Waals surface area (Å²) in [4.78, 5) is 11.1. The van der Waals surface area contributed by atoms with Crippen molar-refractivity contribution in [1.82, 2.24) is 24.4 Å². The van der Waals surface area contributed by atoms with Crippen LogP contribution in [-0.4, -0.2) is 46.5 Å². The molecular formula is C26H19Cl2F3N6O2S2. The average Bonchev–Trinajstić information content (AvgIpc) is 3.69. The number of hydrogen-bond donors (Lipinski definition) is 1. The number of amidine groups is 1. The van der Waals surface area contributed by atoms with E-state index in [2.05, 4.69) is 14.8 Å². The van der Waals surface area contributed by atoms with Crippen LogP contribution in [0.15, 0.2) is 81.9 Å². The number of halogens is 5. The molecule has 2 aromatic carbocycles. The van der Waals surface area contributed by atoms with Gasteiger partial charge in [-0.2, -0.15) is 13.9 Å². The second kappa shape index (κ2) is 10.9. The second-order valence-electron chi connectivity index (χ2n) is 9.24. The fourth-order valence-corrected chi connectivity index (χ4v) is 7.64. The van der Waals surface area contributed by atoms with Crippen molar-refractivity contribution in [3.8, 4) is 0 Å². The highest BCUT2D eigenvalue weighted by atomic mass is 35.5. The molecule has 4 aromatic rings. The summed E-state index contributed by atoms with van der Waals surface area (Å²) in [5.74, 6) is -0.108. The third kappa shape index (κ3) is 5.28. The summed E-state index contributed by atoms with van der Waals surface area (Å²) in [7, 11) is -4.02. The Balaban J connectivity index is 1.50. The number of fused-ring (bicyclic) bond motifs is 1. The molecule has 4 heterocycles. The van der Waals surface area contributed by atoms with E-state index in [4.69, 9.17) is 28.2 Å². The van der Waals surface area contributed by atoms with Crippen LogP contribution in [0.25, 0.3) is 5.57 Å². The molecule has 1 N–H and O–H groups in total. The molecule has 15 heteroatoms. The lowest BCUT2D eigenvalue weighted by Crippen LogP contribution is -2.39. The predicted molar refractivity (Wildman–Crippen MR) is 150 cm³/mol. The summed E-state index contributed by atoms with van der Waals surface area (Å²) >= 11 is 14.0. The van der Waals surface area contributed by atoms with Crippen LogP contribution in [0.5, 0.6) is 0 Å². The summed E-state index contributed by atoms with van der Waals surface area (Å²) in [5, 5.41) is 6.58. The first-order valence-electron chi connectivity index (χ1n) is 12.2. The molecule has 0 spiro atoms. The smallest absolute Gasteiger partial charge is 0.326 e. The molecular weight excluding hydrogens is 620 g/mol. The number of aromatic nitrogens is 3. The summed E-state index contributed by atoms with van der Waals surface area (Å²) < 4.78 is 70.9. The van der Waals surface area contributed by atoms with Gasteiger partial charge in [0, 0.05) is 58.6 Å². The van der Waals surface area contributed by atoms with E-state index in [-0.39, 0.29) is 33.6 Å². The fraction of sp³-hybridized carbons (Fsp3) is 0.192. The van der Waals surface area contributed by atoms with Gasteiger partial charge in [-0.3, -0.25) is 4.99 Å². The van der Waals surface area contributed by atoms with Crippen LogP contribution in [0.3, 0.4) is 0 Å². The maximum Gasteiger partial charge on any atom is 0.333 e. The van der Waals surface area contributed by atoms with Crippen LogP contribution in [0, 0.1) is 5.82 Å². The van der Waals surface area contributed by atoms with Gasteiger partial charge in [0.25, 0.3) is 0 Å². The van der Waals surface area contributed by atoms with Crippen molar-refractivity contribution in [2.24, 2.45) is 4.99 Å². The Hall–Kier alpha value is -3.23. The van der Waals surface area contributed by atoms with Crippen LogP contribution in [0.1, 0.15) is 35.3 Å². The molecule has 2 aliphatic heterocycles. The third-order valence-electron chi connectivity index (χ3n) is 6.67. The SMILES string of the molecule is O=S(=O)(N[C@H]1CC2=C(c3ccn(C(F)F)n3)[C@H](c3ccc(F)cc3Cl)N=C(c3nccs3)N2C1)c1ccccc1Cl. The van der Waals surface area contributed by atoms with E-state index in [0.717, 1.165) is 12.3 Å². The van der Waals surface area contributed by atoms with Crippen molar-refractivity contribution in [3.05, 3.63) is 104 Å². The quantitative estimate of drug-likeness (QED) is 0.262. The van der Waals surface area contributed by atoms with Gasteiger partial charge in [-0.15, -0.1) is 11.3 Å². The number of rotatable bonds is 7. The van der Waals surface area contributed by atoms with Crippen molar-refractivity contribution in [2.45, 2.75) is 29.9 Å². The Labute approximate surface area is 246 Å². The van der Waals surface area contributed by atoms with Gasteiger partial charge in [-0.1, -0.05) is 41.4 Å². The van der Waals surface area contributed by atoms with E-state index < -0.39 is 34.5 Å². The minimum Gasteiger partial charge on any atom is -0.326 e. The Morgan fingerprint density at radius 1 is 1.10 bits per heavy atom. The molecule has 8 nitrogen and oxygen atoms in total. The lowest BCUT2D eigenvalue weighted by molar-refractivity contribution is 0.0564. The van der Waals surface area contributed by atoms with E-state index in [9.17, 15) is 21.6 Å². The number of hydrogen-bond acceptors (Lipinski definition) is 7. The minimum atomic E-state index is -4.02. The fourth-order valence-electron chi connectivity index (χ4n) is 4.98. The van der Waals surface area contributed by atoms with Gasteiger partial charge in [0.2, 0.25) is 10.0 Å². The molecule has 6 rings (SSSR count). The number of nitrogens with one attached hydrogen (secondary N) is 1. The topological polar surface area (TPSA) is 92.5 Å². The molecule has 2 aromatic heterocycles. The number of benzene rings is 2. The van der Waals surface area contributed by atoms with E-state index in [1.54, 1.807) is 23.7 Å². The lowest BCUT2D eigenvalue weighted by Gasteiger charge is -2.32. The first-order valence-corrected chi connectivity index (χ1v) is 15.3. The summed E-state index contributed by atoms with van der Waals surface area (Å²) in [6, 6.07) is 9.88. The van der Waals surface area contributed by atoms with Crippen molar-refractivity contribution in [2.75, 3.05) is 6.54 Å². The Bertz CT molecular complexity index is 1790. The van der Waals surface area contributed by atoms with Crippen LogP contribution in [-0.2, 0) is 10.0 Å². The van der Waals surface area contributed by atoms with Crippen molar-refractivity contribution in [3.63, 3.8) is 0 Å². The summed E-state index contributed by atoms with van der Waals surface area (Å²) in [6.45, 7) is -2.71. The monoisotopic (exact) mass is 638 g/mol. The number of aliphatic imine (C=N–C) groups is 1. The van der Waals surface area contributed by atoms with Crippen molar-refractivity contribution < 1.29 is 21.6 Å². The van der Waals surface area contributed by atoms with Gasteiger partial charge in [-0.25, -0.2) is 27.2 Å². The zero-order valence-corrected chi connectivity index (χ0v) is 23.9. The molecule has 0 amide bonds. The van der Waals surface area contributed by atoms with Gasteiger partial charge in [0.15, 0.2) is 10.8 Å². The molecule has 2 atom stereocenters. The van der Waals surface area contributed by atoms with Crippen LogP contribution in [0.2, 0.25) is 10.0 Å². The summed E-state index contributed by atoms with van der Waals surface area (Å²) in [5.41, 5.74) is 1.67. The van der Waals surface area contributed by atoms with Gasteiger partial charge < -0.3 is 4.90 Å². The average molecular weight is 640 g/mol. The molecule has 0 aliphatic carbocycles. The normalized spacial score (nSPS) is 19.2. The third-order valence-corrected chi connectivity index (χ3v) is 9.79. The van der Waals surface area contributed by atoms with Crippen molar-refractivity contribution in [1.29, 1.82) is 0 Å². The zero-order chi connectivity index (χ0) is 28.9. The van der Waals surface area contributed by atoms with E-state index in [1.807, 2.05) is 4.90 Å². The largest absolute Gasteiger partial charge is 0.333 e. The molecule has 0 saturated carbocycles. The maximum absolute atomic E-state index is 14.0. The Morgan fingerprint density at radius 3 is 2.59 bits per heavy atom. The second-order valence-corrected chi connectivity index (χ2v) is 12.6. The van der Waals surface area contributed by atoms with Crippen LogP contribution >= 0.6 is 34.5 Å². The Morgan fingerprint density at radius 2 is 1.90 bits per heavy atom. The molecule has 0 unspecified atom stereocenters. The highest BCUT2D eigenvalue weighted by molar-refractivity contribution is 7.89. The molecule has 41 heavy (non-hydrogen) atoms. The molecule has 2 aliphatic rings. The standard InChI is InChI=1S/C26H19Cl2F3N6O2S2/c27-17-3-1-2-4-21(17)41(38,39)35-15-12-20-22(19-7-9-37(34-19)26(30)31)23(16-6-5-14(29)11-18(16)28)33-24(36(20)13-15)25-32-8-10-40-25/h1-11,15,23,26,35H,12-13H2/t15-,23-/m0/s1. The Kier molecular flexibility index (Phi) is 7.41. The summed E-state index contributed by atoms with van der Waals surface area (Å²) in [6.07, 6.45) is 2.92. The van der Waals surface area contributed by atoms with Crippen LogP contribution < -0.4 is 4.72 Å². The number of nitrogens with zero attached hydrogens (tertiary/aromatic N) is 5. The molecule has 212 valence electrons. The maximum atomic E-state index is 14.0. The predicted octanol–water partition coefficient (Wildman–Crippen LogP) is 6.15. The van der Waals surface area contributed by atoms with E-state index in [0.29, 0.717) is 32.4 Å². The van der Waals surface area contributed by atoms with E-state index >= 15 is 0 Å². The highest BCUT2D eigenvalue weighted by Crippen LogP contribution is 2.46. The van der Waals surface area contributed by atoms with Crippen molar-refractivity contribution >= 4 is 56.0 Å². The van der Waals surface area contributed by atoms with Crippen LogP contribution in [0.4, 0.5) is 13.2 Å². The lowest BCUT2D eigenvalue weighted by atomic mass is 9.92. The number of sulfonamides is 1. The van der Waals surface area contributed by atoms with Gasteiger partial charge >= 0.3 is 6.55 Å². The minimum absolute atomic E-state index is 0.0683. The van der Waals surface area contributed by atoms with Gasteiger partial charge in [0.1, 0.15) is 16.8 Å². The number of alkyl halides is 2. The first-order chi connectivity index (χ1) is 19.6. The van der Waals surface area contributed by atoms with E-state index in [1.165, 1.54) is 41.7 Å². The molecule has 1 fully saturated rings. The van der Waals surface area contributed by atoms with Gasteiger partial charge in [0.05, 0.1) is 10.7 Å². The van der Waals surface area contributed by atoms with Gasteiger partial charge in [-0.05, 0) is 30.3 Å². The first kappa shape index (κ1) is 27.9.